The third-order valence-electron chi connectivity index (χ3n) is 4.65. The molecule has 2 aromatic carbocycles. The molecule has 2 N–H and O–H groups in total. The number of nitrogens with one attached hydrogen (secondary N) is 1. The zero-order valence-corrected chi connectivity index (χ0v) is 14.1. The van der Waals surface area contributed by atoms with Gasteiger partial charge in [-0.3, -0.25) is 9.88 Å². The first-order valence-electron chi connectivity index (χ1n) is 8.71. The highest BCUT2D eigenvalue weighted by atomic mass is 16.3. The second-order valence-electron chi connectivity index (χ2n) is 6.53. The Balaban J connectivity index is 1.32. The molecule has 0 radical (unpaired) electrons. The van der Waals surface area contributed by atoms with Crippen molar-refractivity contribution in [2.75, 3.05) is 25.0 Å². The summed E-state index contributed by atoms with van der Waals surface area (Å²) >= 11 is 0. The average molecular weight is 334 g/mol. The van der Waals surface area contributed by atoms with Crippen LogP contribution in [0.3, 0.4) is 0 Å². The molecule has 1 unspecified atom stereocenters. The van der Waals surface area contributed by atoms with Crippen molar-refractivity contribution in [3.63, 3.8) is 0 Å². The fourth-order valence-corrected chi connectivity index (χ4v) is 3.34. The Bertz CT molecular complexity index is 867. The van der Waals surface area contributed by atoms with E-state index in [2.05, 4.69) is 44.5 Å². The van der Waals surface area contributed by atoms with Crippen LogP contribution >= 0.6 is 0 Å². The van der Waals surface area contributed by atoms with E-state index >= 15 is 0 Å². The largest absolute Gasteiger partial charge is 0.390 e. The molecule has 0 aliphatic carbocycles. The van der Waals surface area contributed by atoms with Crippen LogP contribution in [0.25, 0.3) is 11.0 Å². The number of aliphatic hydroxyl groups excluding tert-OH is 1. The summed E-state index contributed by atoms with van der Waals surface area (Å²) in [6, 6.07) is 16.3. The first-order chi connectivity index (χ1) is 12.3. The summed E-state index contributed by atoms with van der Waals surface area (Å²) in [6.45, 7) is 3.01. The Morgan fingerprint density at radius 1 is 1.04 bits per heavy atom. The minimum atomic E-state index is -0.446. The van der Waals surface area contributed by atoms with Crippen LogP contribution in [0.4, 0.5) is 5.82 Å². The van der Waals surface area contributed by atoms with Crippen molar-refractivity contribution in [3.05, 3.63) is 65.9 Å². The van der Waals surface area contributed by atoms with E-state index in [1.165, 1.54) is 11.1 Å². The summed E-state index contributed by atoms with van der Waals surface area (Å²) in [5.74, 6) is 0.696. The number of aliphatic hydroxyl groups is 1. The van der Waals surface area contributed by atoms with Gasteiger partial charge in [-0.2, -0.15) is 0 Å². The van der Waals surface area contributed by atoms with E-state index in [9.17, 15) is 5.11 Å². The van der Waals surface area contributed by atoms with Crippen molar-refractivity contribution in [2.24, 2.45) is 0 Å². The van der Waals surface area contributed by atoms with Gasteiger partial charge in [0.2, 0.25) is 0 Å². The minimum absolute atomic E-state index is 0.446. The molecular formula is C20H22N4O. The van der Waals surface area contributed by atoms with E-state index in [1.807, 2.05) is 24.3 Å². The molecule has 1 aromatic heterocycles. The summed E-state index contributed by atoms with van der Waals surface area (Å²) in [5, 5.41) is 13.6. The van der Waals surface area contributed by atoms with E-state index in [0.717, 1.165) is 30.5 Å². The molecule has 1 aliphatic heterocycles. The molecule has 2 heterocycles. The molecule has 0 saturated carbocycles. The van der Waals surface area contributed by atoms with Crippen LogP contribution in [0.2, 0.25) is 0 Å². The average Bonchev–Trinajstić information content (AvgIpc) is 2.66. The van der Waals surface area contributed by atoms with Crippen molar-refractivity contribution in [1.29, 1.82) is 0 Å². The maximum absolute atomic E-state index is 10.4. The first kappa shape index (κ1) is 16.0. The molecule has 0 fully saturated rings. The normalized spacial score (nSPS) is 15.7. The third-order valence-corrected chi connectivity index (χ3v) is 4.65. The maximum Gasteiger partial charge on any atom is 0.145 e. The fraction of sp³-hybridized carbons (Fsp3) is 0.300. The lowest BCUT2D eigenvalue weighted by Crippen LogP contribution is -2.39. The number of nitrogens with zero attached hydrogens (tertiary/aromatic N) is 3. The van der Waals surface area contributed by atoms with E-state index in [1.54, 1.807) is 6.20 Å². The lowest BCUT2D eigenvalue weighted by atomic mass is 10.00. The molecule has 128 valence electrons. The Morgan fingerprint density at radius 2 is 1.80 bits per heavy atom. The highest BCUT2D eigenvalue weighted by Crippen LogP contribution is 2.18. The summed E-state index contributed by atoms with van der Waals surface area (Å²) < 4.78 is 0. The third kappa shape index (κ3) is 3.78. The number of rotatable bonds is 5. The zero-order valence-electron chi connectivity index (χ0n) is 14.1. The topological polar surface area (TPSA) is 61.3 Å². The van der Waals surface area contributed by atoms with Crippen molar-refractivity contribution < 1.29 is 5.11 Å². The molecule has 0 saturated heterocycles. The van der Waals surface area contributed by atoms with Crippen LogP contribution in [0.1, 0.15) is 11.1 Å². The molecule has 0 bridgehead atoms. The number of fused-ring (bicyclic) bond motifs is 2. The Morgan fingerprint density at radius 3 is 2.68 bits per heavy atom. The number of benzene rings is 2. The number of anilines is 1. The summed E-state index contributed by atoms with van der Waals surface area (Å²) in [5.41, 5.74) is 4.53. The van der Waals surface area contributed by atoms with Gasteiger partial charge in [0.25, 0.3) is 0 Å². The van der Waals surface area contributed by atoms with Gasteiger partial charge in [-0.15, -0.1) is 0 Å². The standard InChI is InChI=1S/C20H22N4O/c25-17(14-24-10-9-15-5-1-2-6-16(15)13-24)11-22-20-12-21-18-7-3-4-8-19(18)23-20/h1-8,12,17,25H,9-11,13-14H2,(H,22,23). The van der Waals surface area contributed by atoms with Gasteiger partial charge in [0, 0.05) is 26.2 Å². The molecule has 0 amide bonds. The van der Waals surface area contributed by atoms with E-state index in [4.69, 9.17) is 0 Å². The molecule has 4 rings (SSSR count). The highest BCUT2D eigenvalue weighted by molar-refractivity contribution is 5.75. The van der Waals surface area contributed by atoms with Gasteiger partial charge in [-0.1, -0.05) is 36.4 Å². The van der Waals surface area contributed by atoms with Crippen LogP contribution in [-0.4, -0.2) is 45.7 Å². The van der Waals surface area contributed by atoms with Gasteiger partial charge in [0.05, 0.1) is 23.3 Å². The van der Waals surface area contributed by atoms with Crippen LogP contribution in [-0.2, 0) is 13.0 Å². The van der Waals surface area contributed by atoms with Gasteiger partial charge in [0.1, 0.15) is 5.82 Å². The Labute approximate surface area is 147 Å². The SMILES string of the molecule is OC(CNc1cnc2ccccc2n1)CN1CCc2ccccc2C1. The molecular weight excluding hydrogens is 312 g/mol. The molecule has 3 aromatic rings. The molecule has 1 aliphatic rings. The van der Waals surface area contributed by atoms with Crippen LogP contribution < -0.4 is 5.32 Å². The van der Waals surface area contributed by atoms with Crippen molar-refractivity contribution >= 4 is 16.9 Å². The summed E-state index contributed by atoms with van der Waals surface area (Å²) in [6.07, 6.45) is 2.32. The predicted octanol–water partition coefficient (Wildman–Crippen LogP) is 2.46. The number of hydrogen-bond acceptors (Lipinski definition) is 5. The van der Waals surface area contributed by atoms with Gasteiger partial charge in [-0.25, -0.2) is 4.98 Å². The number of para-hydroxylation sites is 2. The first-order valence-corrected chi connectivity index (χ1v) is 8.71. The number of hydrogen-bond donors (Lipinski definition) is 2. The van der Waals surface area contributed by atoms with E-state index < -0.39 is 6.10 Å². The Hall–Kier alpha value is -2.50. The summed E-state index contributed by atoms with van der Waals surface area (Å²) in [4.78, 5) is 11.2. The van der Waals surface area contributed by atoms with Crippen molar-refractivity contribution in [1.82, 2.24) is 14.9 Å². The number of aromatic nitrogens is 2. The zero-order chi connectivity index (χ0) is 17.1. The minimum Gasteiger partial charge on any atom is -0.390 e. The monoisotopic (exact) mass is 334 g/mol. The second kappa shape index (κ2) is 7.17. The lowest BCUT2D eigenvalue weighted by molar-refractivity contribution is 0.114. The maximum atomic E-state index is 10.4. The molecule has 0 spiro atoms. The van der Waals surface area contributed by atoms with Crippen molar-refractivity contribution in [3.8, 4) is 0 Å². The fourth-order valence-electron chi connectivity index (χ4n) is 3.34. The molecule has 5 nitrogen and oxygen atoms in total. The van der Waals surface area contributed by atoms with E-state index in [-0.39, 0.29) is 0 Å². The van der Waals surface area contributed by atoms with Gasteiger partial charge >= 0.3 is 0 Å². The second-order valence-corrected chi connectivity index (χ2v) is 6.53. The molecule has 25 heavy (non-hydrogen) atoms. The highest BCUT2D eigenvalue weighted by Gasteiger charge is 2.18. The van der Waals surface area contributed by atoms with Crippen molar-refractivity contribution in [2.45, 2.75) is 19.1 Å². The Kier molecular flexibility index (Phi) is 4.59. The number of β-amino-alcohol motifs (C(OH)–C–C–N with tert-alkyl or cyclic N) is 1. The van der Waals surface area contributed by atoms with Gasteiger partial charge in [0.15, 0.2) is 0 Å². The predicted molar refractivity (Wildman–Crippen MR) is 99.5 cm³/mol. The van der Waals surface area contributed by atoms with Crippen LogP contribution in [0.15, 0.2) is 54.7 Å². The smallest absolute Gasteiger partial charge is 0.145 e. The lowest BCUT2D eigenvalue weighted by Gasteiger charge is -2.30. The van der Waals surface area contributed by atoms with Gasteiger partial charge < -0.3 is 10.4 Å². The summed E-state index contributed by atoms with van der Waals surface area (Å²) in [7, 11) is 0. The molecule has 5 heteroatoms. The van der Waals surface area contributed by atoms with E-state index in [0.29, 0.717) is 18.9 Å². The van der Waals surface area contributed by atoms with Crippen LogP contribution in [0.5, 0.6) is 0 Å². The van der Waals surface area contributed by atoms with Crippen LogP contribution in [0, 0.1) is 0 Å². The van der Waals surface area contributed by atoms with Gasteiger partial charge in [-0.05, 0) is 29.7 Å². The quantitative estimate of drug-likeness (QED) is 0.750. The molecule has 1 atom stereocenters.